The lowest BCUT2D eigenvalue weighted by Gasteiger charge is -2.10. The molecule has 5 nitrogen and oxygen atoms in total. The molecule has 20 heavy (non-hydrogen) atoms. The molecule has 0 aliphatic carbocycles. The Balaban J connectivity index is 2.55. The Labute approximate surface area is 115 Å². The molecule has 1 aromatic carbocycles. The van der Waals surface area contributed by atoms with Crippen LogP contribution in [0.3, 0.4) is 0 Å². The van der Waals surface area contributed by atoms with Crippen molar-refractivity contribution < 1.29 is 27.8 Å². The SMILES string of the molecule is COCCOCCNc1ccc(C(=O)OC)c(F)c1F. The molecule has 0 radical (unpaired) electrons. The first-order valence-electron chi connectivity index (χ1n) is 5.98. The van der Waals surface area contributed by atoms with E-state index in [9.17, 15) is 13.6 Å². The molecule has 1 N–H and O–H groups in total. The van der Waals surface area contributed by atoms with Gasteiger partial charge in [0.1, 0.15) is 0 Å². The van der Waals surface area contributed by atoms with Crippen LogP contribution in [-0.2, 0) is 14.2 Å². The lowest BCUT2D eigenvalue weighted by atomic mass is 10.2. The van der Waals surface area contributed by atoms with Gasteiger partial charge in [0.15, 0.2) is 11.6 Å². The smallest absolute Gasteiger partial charge is 0.340 e. The van der Waals surface area contributed by atoms with Crippen molar-refractivity contribution in [3.63, 3.8) is 0 Å². The molecule has 0 amide bonds. The second-order valence-electron chi connectivity index (χ2n) is 3.81. The molecule has 7 heteroatoms. The molecule has 0 bridgehead atoms. The minimum atomic E-state index is -1.23. The molecule has 0 fully saturated rings. The van der Waals surface area contributed by atoms with Crippen LogP contribution in [0.25, 0.3) is 0 Å². The Morgan fingerprint density at radius 1 is 1.15 bits per heavy atom. The number of hydrogen-bond acceptors (Lipinski definition) is 5. The van der Waals surface area contributed by atoms with Gasteiger partial charge in [-0.3, -0.25) is 0 Å². The zero-order valence-corrected chi connectivity index (χ0v) is 11.4. The number of hydrogen-bond donors (Lipinski definition) is 1. The summed E-state index contributed by atoms with van der Waals surface area (Å²) in [4.78, 5) is 11.2. The molecule has 0 atom stereocenters. The van der Waals surface area contributed by atoms with Crippen molar-refractivity contribution >= 4 is 11.7 Å². The summed E-state index contributed by atoms with van der Waals surface area (Å²) >= 11 is 0. The van der Waals surface area contributed by atoms with E-state index in [4.69, 9.17) is 9.47 Å². The van der Waals surface area contributed by atoms with E-state index in [-0.39, 0.29) is 5.69 Å². The highest BCUT2D eigenvalue weighted by Crippen LogP contribution is 2.21. The molecular weight excluding hydrogens is 272 g/mol. The van der Waals surface area contributed by atoms with Gasteiger partial charge in [0.05, 0.1) is 38.2 Å². The first-order chi connectivity index (χ1) is 9.61. The maximum atomic E-state index is 13.7. The third kappa shape index (κ3) is 4.43. The lowest BCUT2D eigenvalue weighted by Crippen LogP contribution is -2.14. The predicted molar refractivity (Wildman–Crippen MR) is 68.9 cm³/mol. The maximum Gasteiger partial charge on any atom is 0.340 e. The van der Waals surface area contributed by atoms with Gasteiger partial charge in [-0.25, -0.2) is 13.6 Å². The zero-order chi connectivity index (χ0) is 15.0. The van der Waals surface area contributed by atoms with Crippen LogP contribution in [0.5, 0.6) is 0 Å². The number of methoxy groups -OCH3 is 2. The van der Waals surface area contributed by atoms with Crippen molar-refractivity contribution in [2.75, 3.05) is 45.9 Å². The standard InChI is InChI=1S/C13H17F2NO4/c1-18-7-8-20-6-5-16-10-4-3-9(13(17)19-2)11(14)12(10)15/h3-4,16H,5-8H2,1-2H3. The highest BCUT2D eigenvalue weighted by atomic mass is 19.2. The van der Waals surface area contributed by atoms with Crippen molar-refractivity contribution in [2.45, 2.75) is 0 Å². The average molecular weight is 289 g/mol. The van der Waals surface area contributed by atoms with E-state index >= 15 is 0 Å². The first-order valence-corrected chi connectivity index (χ1v) is 5.98. The predicted octanol–water partition coefficient (Wildman–Crippen LogP) is 1.83. The van der Waals surface area contributed by atoms with Crippen LogP contribution in [0.1, 0.15) is 10.4 Å². The summed E-state index contributed by atoms with van der Waals surface area (Å²) in [5, 5.41) is 2.68. The lowest BCUT2D eigenvalue weighted by molar-refractivity contribution is 0.0594. The molecular formula is C13H17F2NO4. The molecule has 1 rings (SSSR count). The van der Waals surface area contributed by atoms with Crippen LogP contribution in [0.2, 0.25) is 0 Å². The van der Waals surface area contributed by atoms with Crippen molar-refractivity contribution in [2.24, 2.45) is 0 Å². The number of esters is 1. The van der Waals surface area contributed by atoms with E-state index in [0.29, 0.717) is 26.4 Å². The number of ether oxygens (including phenoxy) is 3. The molecule has 0 saturated carbocycles. The van der Waals surface area contributed by atoms with E-state index in [0.717, 1.165) is 7.11 Å². The van der Waals surface area contributed by atoms with Gasteiger partial charge in [-0.2, -0.15) is 0 Å². The van der Waals surface area contributed by atoms with E-state index in [1.165, 1.54) is 12.1 Å². The second-order valence-corrected chi connectivity index (χ2v) is 3.81. The number of anilines is 1. The van der Waals surface area contributed by atoms with Gasteiger partial charge in [-0.1, -0.05) is 0 Å². The second kappa shape index (κ2) is 8.44. The summed E-state index contributed by atoms with van der Waals surface area (Å²) in [6.45, 7) is 1.52. The maximum absolute atomic E-state index is 13.7. The Kier molecular flexibility index (Phi) is 6.89. The van der Waals surface area contributed by atoms with Crippen molar-refractivity contribution in [3.05, 3.63) is 29.3 Å². The third-order valence-electron chi connectivity index (χ3n) is 2.48. The number of nitrogens with one attached hydrogen (secondary N) is 1. The topological polar surface area (TPSA) is 56.8 Å². The number of benzene rings is 1. The highest BCUT2D eigenvalue weighted by Gasteiger charge is 2.18. The summed E-state index contributed by atoms with van der Waals surface area (Å²) in [5.41, 5.74) is -0.475. The normalized spacial score (nSPS) is 10.4. The van der Waals surface area contributed by atoms with Gasteiger partial charge in [0.2, 0.25) is 0 Å². The Bertz CT molecular complexity index is 454. The summed E-state index contributed by atoms with van der Waals surface area (Å²) in [7, 11) is 2.66. The van der Waals surface area contributed by atoms with Gasteiger partial charge in [-0.05, 0) is 12.1 Å². The molecule has 0 unspecified atom stereocenters. The van der Waals surface area contributed by atoms with Crippen molar-refractivity contribution in [3.8, 4) is 0 Å². The van der Waals surface area contributed by atoms with Crippen molar-refractivity contribution in [1.29, 1.82) is 0 Å². The van der Waals surface area contributed by atoms with Gasteiger partial charge in [-0.15, -0.1) is 0 Å². The van der Waals surface area contributed by atoms with Crippen molar-refractivity contribution in [1.82, 2.24) is 0 Å². The monoisotopic (exact) mass is 289 g/mol. The fraction of sp³-hybridized carbons (Fsp3) is 0.462. The molecule has 0 spiro atoms. The first kappa shape index (κ1) is 16.3. The van der Waals surface area contributed by atoms with Crippen LogP contribution < -0.4 is 5.32 Å². The van der Waals surface area contributed by atoms with Gasteiger partial charge in [0.25, 0.3) is 0 Å². The fourth-order valence-electron chi connectivity index (χ4n) is 1.46. The minimum absolute atomic E-state index is 0.0366. The molecule has 0 aliphatic heterocycles. The molecule has 0 aliphatic rings. The van der Waals surface area contributed by atoms with Crippen LogP contribution in [0, 0.1) is 11.6 Å². The Morgan fingerprint density at radius 3 is 2.55 bits per heavy atom. The summed E-state index contributed by atoms with van der Waals surface area (Å²) in [6.07, 6.45) is 0. The summed E-state index contributed by atoms with van der Waals surface area (Å²) < 4.78 is 41.6. The summed E-state index contributed by atoms with van der Waals surface area (Å²) in [6, 6.07) is 2.44. The molecule has 112 valence electrons. The Hall–Kier alpha value is -1.73. The molecule has 1 aromatic rings. The number of carbonyl (C=O) groups excluding carboxylic acids is 1. The van der Waals surface area contributed by atoms with Crippen LogP contribution >= 0.6 is 0 Å². The van der Waals surface area contributed by atoms with E-state index in [1.54, 1.807) is 7.11 Å². The van der Waals surface area contributed by atoms with E-state index < -0.39 is 23.2 Å². The fourth-order valence-corrected chi connectivity index (χ4v) is 1.46. The van der Waals surface area contributed by atoms with E-state index in [1.807, 2.05) is 0 Å². The van der Waals surface area contributed by atoms with Crippen LogP contribution in [0.4, 0.5) is 14.5 Å². The quantitative estimate of drug-likeness (QED) is 0.584. The van der Waals surface area contributed by atoms with Crippen LogP contribution in [0.15, 0.2) is 12.1 Å². The number of rotatable bonds is 8. The zero-order valence-electron chi connectivity index (χ0n) is 11.4. The molecule has 0 heterocycles. The number of carbonyl (C=O) groups is 1. The minimum Gasteiger partial charge on any atom is -0.465 e. The van der Waals surface area contributed by atoms with Gasteiger partial charge < -0.3 is 19.5 Å². The summed E-state index contributed by atoms with van der Waals surface area (Å²) in [5.74, 6) is -3.28. The third-order valence-corrected chi connectivity index (χ3v) is 2.48. The average Bonchev–Trinajstić information content (AvgIpc) is 2.46. The van der Waals surface area contributed by atoms with E-state index in [2.05, 4.69) is 10.1 Å². The largest absolute Gasteiger partial charge is 0.465 e. The van der Waals surface area contributed by atoms with Gasteiger partial charge in [0, 0.05) is 13.7 Å². The Morgan fingerprint density at radius 2 is 1.90 bits per heavy atom. The molecule has 0 saturated heterocycles. The molecule has 0 aromatic heterocycles. The highest BCUT2D eigenvalue weighted by molar-refractivity contribution is 5.90. The van der Waals surface area contributed by atoms with Gasteiger partial charge >= 0.3 is 5.97 Å². The number of halogens is 2. The van der Waals surface area contributed by atoms with Crippen LogP contribution in [-0.4, -0.2) is 46.6 Å².